The minimum Gasteiger partial charge on any atom is -0.392 e. The summed E-state index contributed by atoms with van der Waals surface area (Å²) in [5.41, 5.74) is 5.35. The van der Waals surface area contributed by atoms with Gasteiger partial charge in [-0.1, -0.05) is 74.0 Å². The largest absolute Gasteiger partial charge is 0.471 e. The summed E-state index contributed by atoms with van der Waals surface area (Å²) in [6.45, 7) is 5.12. The van der Waals surface area contributed by atoms with Gasteiger partial charge < -0.3 is 29.7 Å². The fourth-order valence-electron chi connectivity index (χ4n) is 7.20. The van der Waals surface area contributed by atoms with Gasteiger partial charge in [0, 0.05) is 31.1 Å². The molecule has 0 saturated carbocycles. The lowest BCUT2D eigenvalue weighted by atomic mass is 9.89. The second-order valence-corrected chi connectivity index (χ2v) is 13.4. The predicted octanol–water partition coefficient (Wildman–Crippen LogP) is 6.29. The molecule has 3 saturated heterocycles. The highest BCUT2D eigenvalue weighted by Crippen LogP contribution is 2.42. The summed E-state index contributed by atoms with van der Waals surface area (Å²) in [6.07, 6.45) is -1.72. The van der Waals surface area contributed by atoms with E-state index in [1.54, 1.807) is 0 Å². The monoisotopic (exact) mass is 679 g/mol. The molecule has 5 atom stereocenters. The molecule has 3 aliphatic heterocycles. The van der Waals surface area contributed by atoms with Gasteiger partial charge in [-0.15, -0.1) is 0 Å². The number of hydrogen-bond donors (Lipinski definition) is 2. The van der Waals surface area contributed by atoms with E-state index in [4.69, 9.17) is 9.47 Å². The fourth-order valence-corrected chi connectivity index (χ4v) is 7.20. The van der Waals surface area contributed by atoms with Gasteiger partial charge >= 0.3 is 12.1 Å². The van der Waals surface area contributed by atoms with Crippen molar-refractivity contribution in [2.24, 2.45) is 5.92 Å². The zero-order valence-corrected chi connectivity index (χ0v) is 27.7. The molecule has 3 fully saturated rings. The summed E-state index contributed by atoms with van der Waals surface area (Å²) in [6, 6.07) is 22.3. The highest BCUT2D eigenvalue weighted by Gasteiger charge is 2.47. The topological polar surface area (TPSA) is 91.3 Å². The number of aliphatic hydroxyl groups is 1. The Hall–Kier alpha value is -3.77. The third-order valence-corrected chi connectivity index (χ3v) is 9.95. The Morgan fingerprint density at radius 1 is 0.857 bits per heavy atom. The van der Waals surface area contributed by atoms with Crippen LogP contribution in [0.1, 0.15) is 73.7 Å². The van der Waals surface area contributed by atoms with Gasteiger partial charge in [0.05, 0.1) is 18.8 Å². The molecule has 8 nitrogen and oxygen atoms in total. The van der Waals surface area contributed by atoms with Crippen LogP contribution in [0, 0.1) is 5.92 Å². The second kappa shape index (κ2) is 15.4. The molecule has 262 valence electrons. The Morgan fingerprint density at radius 3 is 2.29 bits per heavy atom. The Morgan fingerprint density at radius 2 is 1.57 bits per heavy atom. The summed E-state index contributed by atoms with van der Waals surface area (Å²) >= 11 is 0. The van der Waals surface area contributed by atoms with Crippen LogP contribution in [0.2, 0.25) is 0 Å². The highest BCUT2D eigenvalue weighted by molar-refractivity contribution is 5.90. The van der Waals surface area contributed by atoms with Gasteiger partial charge in [0.1, 0.15) is 6.04 Å². The number of hydrogen-bond acceptors (Lipinski definition) is 6. The maximum Gasteiger partial charge on any atom is 0.471 e. The standard InChI is InChI=1S/C38H44F3N3O5/c1-25-33(23-43-17-3-2-4-18-43)48-36(49-34(25)28-15-13-26(24-45)14-16-28)31-11-6-10-30(21-31)29-9-5-8-27(20-29)22-42-35(46)32-12-7-19-44(32)37(47)38(39,40)41/h5-6,8-11,13-16,20-21,25,32-34,36,45H,2-4,7,12,17-19,22-24H2,1H3,(H,42,46)/t25-,32+,33+,34+,36+/m1/s1. The van der Waals surface area contributed by atoms with E-state index in [-0.39, 0.29) is 44.2 Å². The molecule has 0 aromatic heterocycles. The Labute approximate surface area is 285 Å². The molecule has 2 N–H and O–H groups in total. The van der Waals surface area contributed by atoms with Gasteiger partial charge in [0.25, 0.3) is 0 Å². The van der Waals surface area contributed by atoms with Crippen molar-refractivity contribution < 1.29 is 37.3 Å². The van der Waals surface area contributed by atoms with Crippen molar-refractivity contribution >= 4 is 11.8 Å². The fraction of sp³-hybridized carbons (Fsp3) is 0.474. The van der Waals surface area contributed by atoms with E-state index >= 15 is 0 Å². The number of amides is 2. The summed E-state index contributed by atoms with van der Waals surface area (Å²) < 4.78 is 52.5. The van der Waals surface area contributed by atoms with E-state index in [1.165, 1.54) is 19.3 Å². The summed E-state index contributed by atoms with van der Waals surface area (Å²) in [5, 5.41) is 12.3. The molecular weight excluding hydrogens is 635 g/mol. The predicted molar refractivity (Wildman–Crippen MR) is 178 cm³/mol. The molecule has 3 heterocycles. The van der Waals surface area contributed by atoms with Crippen molar-refractivity contribution in [3.05, 3.63) is 95.1 Å². The van der Waals surface area contributed by atoms with Crippen LogP contribution in [0.25, 0.3) is 11.1 Å². The molecule has 3 aromatic rings. The average molecular weight is 680 g/mol. The van der Waals surface area contributed by atoms with Crippen LogP contribution in [0.4, 0.5) is 13.2 Å². The van der Waals surface area contributed by atoms with E-state index in [0.29, 0.717) is 11.3 Å². The lowest BCUT2D eigenvalue weighted by Gasteiger charge is -2.43. The number of piperidine rings is 1. The molecule has 0 aliphatic carbocycles. The SMILES string of the molecule is C[C@@H]1[C@H](CN2CCCCC2)O[C@H](c2cccc(-c3cccc(CNC(=O)[C@@H]4CCCN4C(=O)C(F)(F)F)c3)c2)O[C@@H]1c1ccc(CO)cc1. The Bertz CT molecular complexity index is 1590. The number of benzene rings is 3. The van der Waals surface area contributed by atoms with Crippen molar-refractivity contribution in [3.63, 3.8) is 0 Å². The molecular formula is C38H44F3N3O5. The first-order valence-corrected chi connectivity index (χ1v) is 17.2. The van der Waals surface area contributed by atoms with Gasteiger partial charge in [-0.2, -0.15) is 13.2 Å². The van der Waals surface area contributed by atoms with Crippen molar-refractivity contribution in [2.75, 3.05) is 26.2 Å². The summed E-state index contributed by atoms with van der Waals surface area (Å²) in [4.78, 5) is 27.8. The van der Waals surface area contributed by atoms with E-state index in [1.807, 2.05) is 72.8 Å². The van der Waals surface area contributed by atoms with Gasteiger partial charge in [-0.25, -0.2) is 0 Å². The summed E-state index contributed by atoms with van der Waals surface area (Å²) in [7, 11) is 0. The number of alkyl halides is 3. The minimum absolute atomic E-state index is 0.0207. The number of likely N-dealkylation sites (tertiary alicyclic amines) is 2. The first-order valence-electron chi connectivity index (χ1n) is 17.2. The third kappa shape index (κ3) is 8.34. The quantitative estimate of drug-likeness (QED) is 0.276. The number of nitrogens with one attached hydrogen (secondary N) is 1. The second-order valence-electron chi connectivity index (χ2n) is 13.4. The van der Waals surface area contributed by atoms with Crippen LogP contribution >= 0.6 is 0 Å². The molecule has 0 radical (unpaired) electrons. The zero-order chi connectivity index (χ0) is 34.5. The lowest BCUT2D eigenvalue weighted by molar-refractivity contribution is -0.276. The average Bonchev–Trinajstić information content (AvgIpc) is 3.61. The van der Waals surface area contributed by atoms with Crippen LogP contribution in [-0.4, -0.2) is 71.2 Å². The van der Waals surface area contributed by atoms with Gasteiger partial charge in [0.2, 0.25) is 5.91 Å². The van der Waals surface area contributed by atoms with Crippen LogP contribution in [0.3, 0.4) is 0 Å². The minimum atomic E-state index is -5.02. The van der Waals surface area contributed by atoms with Crippen molar-refractivity contribution in [1.82, 2.24) is 15.1 Å². The number of carbonyl (C=O) groups is 2. The first kappa shape index (κ1) is 35.1. The van der Waals surface area contributed by atoms with Crippen LogP contribution < -0.4 is 5.32 Å². The van der Waals surface area contributed by atoms with Gasteiger partial charge in [-0.05, 0) is 78.7 Å². The zero-order valence-electron chi connectivity index (χ0n) is 27.7. The van der Waals surface area contributed by atoms with E-state index in [2.05, 4.69) is 17.1 Å². The molecule has 3 aromatic carbocycles. The number of halogens is 3. The molecule has 2 amide bonds. The van der Waals surface area contributed by atoms with Gasteiger partial charge in [-0.3, -0.25) is 9.59 Å². The molecule has 0 spiro atoms. The number of nitrogens with zero attached hydrogens (tertiary/aromatic N) is 2. The van der Waals surface area contributed by atoms with Crippen molar-refractivity contribution in [2.45, 2.75) is 82.9 Å². The van der Waals surface area contributed by atoms with Crippen LogP contribution in [0.5, 0.6) is 0 Å². The molecule has 49 heavy (non-hydrogen) atoms. The van der Waals surface area contributed by atoms with E-state index < -0.39 is 30.3 Å². The number of ether oxygens (including phenoxy) is 2. The third-order valence-electron chi connectivity index (χ3n) is 9.95. The number of aliphatic hydroxyl groups excluding tert-OH is 1. The van der Waals surface area contributed by atoms with Crippen molar-refractivity contribution in [1.29, 1.82) is 0 Å². The smallest absolute Gasteiger partial charge is 0.392 e. The molecule has 3 aliphatic rings. The van der Waals surface area contributed by atoms with Crippen LogP contribution in [0.15, 0.2) is 72.8 Å². The van der Waals surface area contributed by atoms with E-state index in [9.17, 15) is 27.9 Å². The van der Waals surface area contributed by atoms with Gasteiger partial charge in [0.15, 0.2) is 6.29 Å². The molecule has 0 bridgehead atoms. The first-order chi connectivity index (χ1) is 23.6. The molecule has 0 unspecified atom stereocenters. The normalized spacial score (nSPS) is 24.9. The summed E-state index contributed by atoms with van der Waals surface area (Å²) in [5.74, 6) is -2.48. The lowest BCUT2D eigenvalue weighted by Crippen LogP contribution is -2.50. The van der Waals surface area contributed by atoms with E-state index in [0.717, 1.165) is 53.0 Å². The van der Waals surface area contributed by atoms with Crippen molar-refractivity contribution in [3.8, 4) is 11.1 Å². The number of rotatable bonds is 9. The Kier molecular flexibility index (Phi) is 11.0. The molecule has 6 rings (SSSR count). The maximum atomic E-state index is 13.0. The number of carbonyl (C=O) groups excluding carboxylic acids is 2. The Balaban J connectivity index is 1.18. The maximum absolute atomic E-state index is 13.0. The molecule has 11 heteroatoms. The highest BCUT2D eigenvalue weighted by atomic mass is 19.4. The van der Waals surface area contributed by atoms with Crippen LogP contribution in [-0.2, 0) is 32.2 Å².